The fourth-order valence-corrected chi connectivity index (χ4v) is 1.09. The molecule has 1 rings (SSSR count). The highest BCUT2D eigenvalue weighted by molar-refractivity contribution is 7.13. The van der Waals surface area contributed by atoms with Gasteiger partial charge in [0.05, 0.1) is 0 Å². The smallest absolute Gasteiger partial charge is 0.195 e. The molecule has 0 aliphatic carbocycles. The van der Waals surface area contributed by atoms with Gasteiger partial charge in [-0.05, 0) is 6.92 Å². The minimum atomic E-state index is -0.451. The van der Waals surface area contributed by atoms with Crippen molar-refractivity contribution in [2.24, 2.45) is 0 Å². The number of hydrogen-bond acceptors (Lipinski definition) is 3. The molecule has 0 aliphatic heterocycles. The van der Waals surface area contributed by atoms with Crippen LogP contribution in [0.2, 0.25) is 0 Å². The molecule has 1 heterocycles. The lowest BCUT2D eigenvalue weighted by Gasteiger charge is -1.78. The van der Waals surface area contributed by atoms with Gasteiger partial charge >= 0.3 is 0 Å². The van der Waals surface area contributed by atoms with Crippen LogP contribution in [-0.2, 0) is 0 Å². The zero-order valence-electron chi connectivity index (χ0n) is 4.92. The molecule has 0 aliphatic rings. The van der Waals surface area contributed by atoms with Gasteiger partial charge in [0, 0.05) is 18.0 Å². The Bertz CT molecular complexity index is 229. The van der Waals surface area contributed by atoms with Crippen LogP contribution in [0.25, 0.3) is 0 Å². The molecule has 1 aromatic heterocycles. The summed E-state index contributed by atoms with van der Waals surface area (Å²) in [6, 6.07) is 0. The van der Waals surface area contributed by atoms with Crippen LogP contribution in [0.4, 0.5) is 0 Å². The number of nitrogens with zero attached hydrogens (tertiary/aromatic N) is 1. The maximum absolute atomic E-state index is 10.4. The molecule has 2 nitrogen and oxygen atoms in total. The van der Waals surface area contributed by atoms with Gasteiger partial charge in [0.1, 0.15) is 0 Å². The van der Waals surface area contributed by atoms with E-state index in [1.165, 1.54) is 11.3 Å². The second-order valence-electron chi connectivity index (χ2n) is 1.64. The lowest BCUT2D eigenvalue weighted by atomic mass is 10.5. The molecular weight excluding hydrogens is 134 g/mol. The van der Waals surface area contributed by atoms with Gasteiger partial charge in [-0.2, -0.15) is 0 Å². The van der Waals surface area contributed by atoms with Gasteiger partial charge in [0.25, 0.3) is 0 Å². The van der Waals surface area contributed by atoms with Crippen molar-refractivity contribution in [3.63, 3.8) is 0 Å². The number of aryl methyl sites for hydroxylation is 1. The summed E-state index contributed by atoms with van der Waals surface area (Å²) in [6.45, 7) is 6.82. The summed E-state index contributed by atoms with van der Waals surface area (Å²) in [4.78, 5) is 15.1. The number of carbonyl (C=O) groups is 1. The molecule has 0 aromatic carbocycles. The molecule has 0 bridgehead atoms. The van der Waals surface area contributed by atoms with Crippen LogP contribution >= 0.6 is 11.3 Å². The van der Waals surface area contributed by atoms with E-state index < -0.39 is 5.78 Å². The standard InChI is InChI=1S/C6H5NOS/c1-4-3-7-6(9-4)5(2)8/h2-3H,1H3. The van der Waals surface area contributed by atoms with Gasteiger partial charge in [-0.15, -0.1) is 11.3 Å². The third-order valence-electron chi connectivity index (χ3n) is 0.832. The lowest BCUT2D eigenvalue weighted by Crippen LogP contribution is -1.87. The van der Waals surface area contributed by atoms with E-state index in [0.717, 1.165) is 4.88 Å². The molecule has 0 unspecified atom stereocenters. The number of rotatable bonds is 1. The molecule has 0 amide bonds. The van der Waals surface area contributed by atoms with Crippen molar-refractivity contribution in [2.75, 3.05) is 0 Å². The van der Waals surface area contributed by atoms with Gasteiger partial charge in [-0.3, -0.25) is 4.79 Å². The minimum Gasteiger partial charge on any atom is -0.291 e. The van der Waals surface area contributed by atoms with Crippen LogP contribution in [0.5, 0.6) is 0 Å². The van der Waals surface area contributed by atoms with Crippen LogP contribution in [0, 0.1) is 13.8 Å². The van der Waals surface area contributed by atoms with E-state index in [1.807, 2.05) is 6.92 Å². The Hall–Kier alpha value is -0.700. The van der Waals surface area contributed by atoms with Gasteiger partial charge in [-0.1, -0.05) is 0 Å². The normalized spacial score (nSPS) is 9.56. The summed E-state index contributed by atoms with van der Waals surface area (Å²) >= 11 is 1.31. The zero-order chi connectivity index (χ0) is 6.85. The van der Waals surface area contributed by atoms with E-state index >= 15 is 0 Å². The number of carbonyl (C=O) groups excluding carboxylic acids is 1. The Kier molecular flexibility index (Phi) is 1.62. The summed E-state index contributed by atoms with van der Waals surface area (Å²) in [7, 11) is 0. The molecule has 46 valence electrons. The van der Waals surface area contributed by atoms with Gasteiger partial charge in [0.15, 0.2) is 10.8 Å². The number of thiazole rings is 1. The third kappa shape index (κ3) is 1.36. The molecule has 0 atom stereocenters. The predicted molar refractivity (Wildman–Crippen MR) is 35.5 cm³/mol. The fourth-order valence-electron chi connectivity index (χ4n) is 0.469. The summed E-state index contributed by atoms with van der Waals surface area (Å²) in [6.07, 6.45) is 1.63. The molecule has 0 saturated heterocycles. The molecule has 1 aromatic rings. The molecule has 0 fully saturated rings. The molecule has 9 heavy (non-hydrogen) atoms. The van der Waals surface area contributed by atoms with Crippen molar-refractivity contribution in [1.29, 1.82) is 0 Å². The first-order valence-corrected chi connectivity index (χ1v) is 3.24. The number of ketones is 1. The Labute approximate surface area is 57.5 Å². The van der Waals surface area contributed by atoms with E-state index in [4.69, 9.17) is 6.92 Å². The summed E-state index contributed by atoms with van der Waals surface area (Å²) in [5, 5.41) is 0.382. The third-order valence-corrected chi connectivity index (χ3v) is 1.76. The van der Waals surface area contributed by atoms with Crippen LogP contribution in [0.1, 0.15) is 14.7 Å². The number of aromatic nitrogens is 1. The number of hydrogen-bond donors (Lipinski definition) is 0. The Morgan fingerprint density at radius 1 is 1.89 bits per heavy atom. The molecule has 3 heteroatoms. The average molecular weight is 139 g/mol. The quantitative estimate of drug-likeness (QED) is 0.549. The second kappa shape index (κ2) is 2.27. The molecule has 2 radical (unpaired) electrons. The van der Waals surface area contributed by atoms with Crippen molar-refractivity contribution in [3.05, 3.63) is 23.0 Å². The Morgan fingerprint density at radius 3 is 2.78 bits per heavy atom. The van der Waals surface area contributed by atoms with E-state index in [1.54, 1.807) is 6.20 Å². The van der Waals surface area contributed by atoms with Crippen molar-refractivity contribution in [2.45, 2.75) is 6.92 Å². The van der Waals surface area contributed by atoms with Gasteiger partial charge in [-0.25, -0.2) is 4.98 Å². The predicted octanol–water partition coefficient (Wildman–Crippen LogP) is 1.35. The first kappa shape index (κ1) is 6.42. The first-order chi connectivity index (χ1) is 4.20. The van der Waals surface area contributed by atoms with Crippen molar-refractivity contribution < 1.29 is 4.79 Å². The zero-order valence-corrected chi connectivity index (χ0v) is 5.73. The fraction of sp³-hybridized carbons (Fsp3) is 0.167. The lowest BCUT2D eigenvalue weighted by molar-refractivity contribution is 0.104. The topological polar surface area (TPSA) is 30.0 Å². The van der Waals surface area contributed by atoms with E-state index in [0.29, 0.717) is 5.01 Å². The van der Waals surface area contributed by atoms with E-state index in [2.05, 4.69) is 4.98 Å². The SMILES string of the molecule is [CH]C(=O)c1ncc(C)s1. The highest BCUT2D eigenvalue weighted by Crippen LogP contribution is 2.10. The molecule has 0 spiro atoms. The highest BCUT2D eigenvalue weighted by Gasteiger charge is 2.01. The summed E-state index contributed by atoms with van der Waals surface area (Å²) < 4.78 is 0. The minimum absolute atomic E-state index is 0.382. The first-order valence-electron chi connectivity index (χ1n) is 2.42. The van der Waals surface area contributed by atoms with Crippen molar-refractivity contribution in [1.82, 2.24) is 4.98 Å². The average Bonchev–Trinajstić information content (AvgIpc) is 2.14. The van der Waals surface area contributed by atoms with Crippen molar-refractivity contribution in [3.8, 4) is 0 Å². The Morgan fingerprint density at radius 2 is 2.56 bits per heavy atom. The van der Waals surface area contributed by atoms with E-state index in [9.17, 15) is 4.79 Å². The van der Waals surface area contributed by atoms with Crippen LogP contribution in [0.3, 0.4) is 0 Å². The maximum atomic E-state index is 10.4. The van der Waals surface area contributed by atoms with E-state index in [-0.39, 0.29) is 0 Å². The van der Waals surface area contributed by atoms with Crippen molar-refractivity contribution >= 4 is 17.1 Å². The summed E-state index contributed by atoms with van der Waals surface area (Å²) in [5.74, 6) is -0.451. The molecule has 0 saturated carbocycles. The van der Waals surface area contributed by atoms with Crippen LogP contribution in [0.15, 0.2) is 6.20 Å². The second-order valence-corrected chi connectivity index (χ2v) is 2.88. The maximum Gasteiger partial charge on any atom is 0.195 e. The van der Waals surface area contributed by atoms with Crippen LogP contribution in [-0.4, -0.2) is 10.8 Å². The number of Topliss-reactive ketones (excluding diaryl/α,β-unsaturated/α-hetero) is 1. The highest BCUT2D eigenvalue weighted by atomic mass is 32.1. The molecule has 0 N–H and O–H groups in total. The Balaban J connectivity index is 2.98. The van der Waals surface area contributed by atoms with Gasteiger partial charge in [0.2, 0.25) is 0 Å². The van der Waals surface area contributed by atoms with Crippen LogP contribution < -0.4 is 0 Å². The monoisotopic (exact) mass is 139 g/mol. The largest absolute Gasteiger partial charge is 0.291 e. The molecular formula is C6H5NOS. The van der Waals surface area contributed by atoms with Gasteiger partial charge < -0.3 is 0 Å². The summed E-state index contributed by atoms with van der Waals surface area (Å²) in [5.41, 5.74) is 0.